The molecule has 0 aliphatic heterocycles. The van der Waals surface area contributed by atoms with Crippen LogP contribution < -0.4 is 5.32 Å². The Morgan fingerprint density at radius 1 is 1.45 bits per heavy atom. The van der Waals surface area contributed by atoms with E-state index in [-0.39, 0.29) is 6.42 Å². The lowest BCUT2D eigenvalue weighted by Crippen LogP contribution is -2.45. The van der Waals surface area contributed by atoms with Gasteiger partial charge in [0.05, 0.1) is 16.4 Å². The van der Waals surface area contributed by atoms with E-state index in [4.69, 9.17) is 16.3 Å². The standard InChI is InChI=1S/C14H22ClN3O4/c1-6-8-11(15)10(18(5)17-8)7-9(12(19)20)16-13(21)22-14(2,3)4/h9H,6-7H2,1-5H3,(H,16,21)(H,19,20). The van der Waals surface area contributed by atoms with E-state index < -0.39 is 23.7 Å². The second-order valence-electron chi connectivity index (χ2n) is 5.93. The molecule has 1 aromatic rings. The van der Waals surface area contributed by atoms with Crippen LogP contribution in [0, 0.1) is 0 Å². The summed E-state index contributed by atoms with van der Waals surface area (Å²) >= 11 is 6.20. The summed E-state index contributed by atoms with van der Waals surface area (Å²) in [7, 11) is 1.69. The molecule has 0 saturated heterocycles. The fourth-order valence-corrected chi connectivity index (χ4v) is 2.26. The average molecular weight is 332 g/mol. The minimum absolute atomic E-state index is 0.0247. The number of nitrogens with zero attached hydrogens (tertiary/aromatic N) is 2. The number of carboxylic acids is 1. The van der Waals surface area contributed by atoms with E-state index in [2.05, 4.69) is 10.4 Å². The third kappa shape index (κ3) is 4.91. The summed E-state index contributed by atoms with van der Waals surface area (Å²) in [5.41, 5.74) is 0.551. The normalized spacial score (nSPS) is 12.8. The summed E-state index contributed by atoms with van der Waals surface area (Å²) in [4.78, 5) is 23.1. The molecule has 0 aliphatic carbocycles. The molecule has 7 nitrogen and oxygen atoms in total. The zero-order chi connectivity index (χ0) is 17.1. The van der Waals surface area contributed by atoms with Crippen molar-refractivity contribution in [3.63, 3.8) is 0 Å². The van der Waals surface area contributed by atoms with E-state index in [0.717, 1.165) is 0 Å². The molecular weight excluding hydrogens is 310 g/mol. The molecule has 22 heavy (non-hydrogen) atoms. The van der Waals surface area contributed by atoms with Crippen LogP contribution in [-0.2, 0) is 29.4 Å². The maximum Gasteiger partial charge on any atom is 0.408 e. The highest BCUT2D eigenvalue weighted by Gasteiger charge is 2.27. The van der Waals surface area contributed by atoms with Crippen molar-refractivity contribution >= 4 is 23.7 Å². The highest BCUT2D eigenvalue weighted by Crippen LogP contribution is 2.22. The number of hydrogen-bond acceptors (Lipinski definition) is 4. The molecule has 0 spiro atoms. The second-order valence-corrected chi connectivity index (χ2v) is 6.30. The first-order valence-electron chi connectivity index (χ1n) is 6.97. The molecule has 0 aromatic carbocycles. The number of halogens is 1. The van der Waals surface area contributed by atoms with Crippen molar-refractivity contribution in [2.75, 3.05) is 0 Å². The molecule has 2 N–H and O–H groups in total. The number of carbonyl (C=O) groups is 2. The topological polar surface area (TPSA) is 93.5 Å². The number of rotatable bonds is 5. The lowest BCUT2D eigenvalue weighted by Gasteiger charge is -2.22. The molecular formula is C14H22ClN3O4. The van der Waals surface area contributed by atoms with Crippen molar-refractivity contribution in [3.05, 3.63) is 16.4 Å². The molecule has 1 aromatic heterocycles. The maximum absolute atomic E-state index is 11.7. The van der Waals surface area contributed by atoms with Gasteiger partial charge in [0.15, 0.2) is 0 Å². The van der Waals surface area contributed by atoms with E-state index in [1.165, 1.54) is 4.68 Å². The Labute approximate surface area is 134 Å². The number of aryl methyl sites for hydroxylation is 2. The first-order chi connectivity index (χ1) is 10.0. The van der Waals surface area contributed by atoms with E-state index in [9.17, 15) is 14.7 Å². The van der Waals surface area contributed by atoms with Gasteiger partial charge in [0.1, 0.15) is 11.6 Å². The van der Waals surface area contributed by atoms with Crippen LogP contribution in [-0.4, -0.2) is 38.6 Å². The zero-order valence-corrected chi connectivity index (χ0v) is 14.2. The second kappa shape index (κ2) is 7.00. The quantitative estimate of drug-likeness (QED) is 0.862. The van der Waals surface area contributed by atoms with Crippen molar-refractivity contribution in [1.82, 2.24) is 15.1 Å². The van der Waals surface area contributed by atoms with Crippen LogP contribution in [0.3, 0.4) is 0 Å². The van der Waals surface area contributed by atoms with Gasteiger partial charge in [0.25, 0.3) is 0 Å². The van der Waals surface area contributed by atoms with Crippen molar-refractivity contribution in [1.29, 1.82) is 0 Å². The number of hydrogen-bond donors (Lipinski definition) is 2. The first-order valence-corrected chi connectivity index (χ1v) is 7.35. The van der Waals surface area contributed by atoms with Crippen LogP contribution >= 0.6 is 11.6 Å². The number of carboxylic acid groups (broad SMARTS) is 1. The molecule has 0 saturated carbocycles. The zero-order valence-electron chi connectivity index (χ0n) is 13.4. The van der Waals surface area contributed by atoms with Gasteiger partial charge in [0.2, 0.25) is 0 Å². The Hall–Kier alpha value is -1.76. The number of amides is 1. The largest absolute Gasteiger partial charge is 0.480 e. The van der Waals surface area contributed by atoms with Gasteiger partial charge in [-0.15, -0.1) is 0 Å². The van der Waals surface area contributed by atoms with Crippen LogP contribution in [0.1, 0.15) is 39.1 Å². The molecule has 1 amide bonds. The molecule has 0 aliphatic rings. The third-order valence-corrected chi connectivity index (χ3v) is 3.33. The Morgan fingerprint density at radius 2 is 2.05 bits per heavy atom. The Balaban J connectivity index is 2.88. The fraction of sp³-hybridized carbons (Fsp3) is 0.643. The summed E-state index contributed by atoms with van der Waals surface area (Å²) < 4.78 is 6.61. The molecule has 1 rings (SSSR count). The fourth-order valence-electron chi connectivity index (χ4n) is 1.88. The monoisotopic (exact) mass is 331 g/mol. The molecule has 1 heterocycles. The van der Waals surface area contributed by atoms with Gasteiger partial charge in [-0.2, -0.15) is 5.10 Å². The first kappa shape index (κ1) is 18.3. The Kier molecular flexibility index (Phi) is 5.82. The molecule has 124 valence electrons. The molecule has 0 bridgehead atoms. The lowest BCUT2D eigenvalue weighted by molar-refractivity contribution is -0.139. The molecule has 1 atom stereocenters. The van der Waals surface area contributed by atoms with Crippen molar-refractivity contribution in [3.8, 4) is 0 Å². The van der Waals surface area contributed by atoms with Crippen molar-refractivity contribution in [2.45, 2.75) is 52.2 Å². The molecule has 1 unspecified atom stereocenters. The van der Waals surface area contributed by atoms with Gasteiger partial charge in [-0.25, -0.2) is 9.59 Å². The minimum Gasteiger partial charge on any atom is -0.480 e. The van der Waals surface area contributed by atoms with Crippen LogP contribution in [0.5, 0.6) is 0 Å². The lowest BCUT2D eigenvalue weighted by atomic mass is 10.1. The van der Waals surface area contributed by atoms with Crippen LogP contribution in [0.2, 0.25) is 5.02 Å². The Bertz CT molecular complexity index is 563. The highest BCUT2D eigenvalue weighted by atomic mass is 35.5. The van der Waals surface area contributed by atoms with Crippen molar-refractivity contribution < 1.29 is 19.4 Å². The number of aromatic nitrogens is 2. The number of nitrogens with one attached hydrogen (secondary N) is 1. The summed E-state index contributed by atoms with van der Waals surface area (Å²) in [6.45, 7) is 7.02. The van der Waals surface area contributed by atoms with Gasteiger partial charge in [-0.05, 0) is 27.2 Å². The highest BCUT2D eigenvalue weighted by molar-refractivity contribution is 6.31. The number of ether oxygens (including phenoxy) is 1. The van der Waals surface area contributed by atoms with E-state index in [1.54, 1.807) is 27.8 Å². The van der Waals surface area contributed by atoms with Crippen LogP contribution in [0.4, 0.5) is 4.79 Å². The SMILES string of the molecule is CCc1nn(C)c(CC(NC(=O)OC(C)(C)C)C(=O)O)c1Cl. The Morgan fingerprint density at radius 3 is 2.45 bits per heavy atom. The number of aliphatic carboxylic acids is 1. The van der Waals surface area contributed by atoms with Gasteiger partial charge < -0.3 is 15.2 Å². The van der Waals surface area contributed by atoms with Gasteiger partial charge >= 0.3 is 12.1 Å². The molecule has 0 fully saturated rings. The van der Waals surface area contributed by atoms with E-state index in [1.807, 2.05) is 6.92 Å². The van der Waals surface area contributed by atoms with Crippen LogP contribution in [0.25, 0.3) is 0 Å². The molecule has 0 radical (unpaired) electrons. The van der Waals surface area contributed by atoms with Crippen molar-refractivity contribution in [2.24, 2.45) is 7.05 Å². The predicted octanol–water partition coefficient (Wildman–Crippen LogP) is 2.16. The van der Waals surface area contributed by atoms with Gasteiger partial charge in [-0.3, -0.25) is 4.68 Å². The average Bonchev–Trinajstić information content (AvgIpc) is 2.62. The molecule has 8 heteroatoms. The maximum atomic E-state index is 11.7. The van der Waals surface area contributed by atoms with Crippen LogP contribution in [0.15, 0.2) is 0 Å². The van der Waals surface area contributed by atoms with E-state index in [0.29, 0.717) is 22.8 Å². The number of carbonyl (C=O) groups excluding carboxylic acids is 1. The third-order valence-electron chi connectivity index (χ3n) is 2.89. The smallest absolute Gasteiger partial charge is 0.408 e. The number of alkyl carbamates (subject to hydrolysis) is 1. The summed E-state index contributed by atoms with van der Waals surface area (Å²) in [6, 6.07) is -1.15. The van der Waals surface area contributed by atoms with E-state index >= 15 is 0 Å². The minimum atomic E-state index is -1.17. The summed E-state index contributed by atoms with van der Waals surface area (Å²) in [6.07, 6.45) is -0.116. The van der Waals surface area contributed by atoms with Gasteiger partial charge in [-0.1, -0.05) is 18.5 Å². The predicted molar refractivity (Wildman–Crippen MR) is 82.1 cm³/mol. The summed E-state index contributed by atoms with van der Waals surface area (Å²) in [5, 5.41) is 16.3. The summed E-state index contributed by atoms with van der Waals surface area (Å²) in [5.74, 6) is -1.17. The van der Waals surface area contributed by atoms with Gasteiger partial charge in [0, 0.05) is 13.5 Å².